The van der Waals surface area contributed by atoms with Crippen molar-refractivity contribution in [1.82, 2.24) is 10.2 Å². The van der Waals surface area contributed by atoms with Gasteiger partial charge in [-0.1, -0.05) is 85.5 Å². The molecule has 0 aromatic heterocycles. The number of aryl methyl sites for hydroxylation is 2. The first-order valence-corrected chi connectivity index (χ1v) is 14.4. The molecule has 3 aromatic rings. The third-order valence-electron chi connectivity index (χ3n) is 7.73. The molecule has 1 N–H and O–H groups in total. The van der Waals surface area contributed by atoms with E-state index in [1.807, 2.05) is 73.7 Å². The Kier molecular flexibility index (Phi) is 10.6. The molecule has 0 unspecified atom stereocenters. The average molecular weight is 543 g/mol. The number of carbonyl (C=O) groups is 2. The van der Waals surface area contributed by atoms with Gasteiger partial charge in [0.05, 0.1) is 14.2 Å². The zero-order valence-electron chi connectivity index (χ0n) is 24.0. The van der Waals surface area contributed by atoms with Crippen molar-refractivity contribution in [2.24, 2.45) is 0 Å². The fourth-order valence-corrected chi connectivity index (χ4v) is 5.54. The summed E-state index contributed by atoms with van der Waals surface area (Å²) in [6, 6.07) is 23.4. The predicted octanol–water partition coefficient (Wildman–Crippen LogP) is 6.03. The van der Waals surface area contributed by atoms with Crippen molar-refractivity contribution in [3.63, 3.8) is 0 Å². The van der Waals surface area contributed by atoms with Crippen LogP contribution in [0.25, 0.3) is 0 Å². The van der Waals surface area contributed by atoms with Crippen LogP contribution in [-0.4, -0.2) is 43.0 Å². The van der Waals surface area contributed by atoms with Crippen LogP contribution >= 0.6 is 0 Å². The van der Waals surface area contributed by atoms with E-state index < -0.39 is 6.04 Å². The van der Waals surface area contributed by atoms with Crippen LogP contribution in [0, 0.1) is 6.92 Å². The minimum Gasteiger partial charge on any atom is -0.493 e. The molecule has 0 aliphatic heterocycles. The Morgan fingerprint density at radius 3 is 2.27 bits per heavy atom. The number of ether oxygens (including phenoxy) is 2. The first-order valence-electron chi connectivity index (χ1n) is 14.4. The van der Waals surface area contributed by atoms with Crippen LogP contribution in [-0.2, 0) is 29.0 Å². The summed E-state index contributed by atoms with van der Waals surface area (Å²) in [5.41, 5.74) is 4.16. The van der Waals surface area contributed by atoms with Crippen LogP contribution in [0.1, 0.15) is 60.8 Å². The third kappa shape index (κ3) is 8.10. The summed E-state index contributed by atoms with van der Waals surface area (Å²) in [4.78, 5) is 29.7. The van der Waals surface area contributed by atoms with Gasteiger partial charge in [0, 0.05) is 25.4 Å². The van der Waals surface area contributed by atoms with Crippen molar-refractivity contribution < 1.29 is 19.1 Å². The molecule has 3 aromatic carbocycles. The molecule has 1 atom stereocenters. The van der Waals surface area contributed by atoms with Gasteiger partial charge in [0.1, 0.15) is 6.04 Å². The van der Waals surface area contributed by atoms with Gasteiger partial charge in [-0.3, -0.25) is 9.59 Å². The van der Waals surface area contributed by atoms with E-state index in [-0.39, 0.29) is 24.3 Å². The van der Waals surface area contributed by atoms with Gasteiger partial charge in [-0.15, -0.1) is 0 Å². The summed E-state index contributed by atoms with van der Waals surface area (Å²) in [5.74, 6) is 1.18. The summed E-state index contributed by atoms with van der Waals surface area (Å²) in [6.45, 7) is 2.42. The Hall–Kier alpha value is -3.80. The van der Waals surface area contributed by atoms with E-state index in [1.165, 1.54) is 6.42 Å². The molecule has 1 aliphatic rings. The van der Waals surface area contributed by atoms with Crippen molar-refractivity contribution in [3.8, 4) is 11.5 Å². The van der Waals surface area contributed by atoms with Crippen LogP contribution < -0.4 is 14.8 Å². The average Bonchev–Trinajstić information content (AvgIpc) is 2.98. The molecular formula is C34H42N2O4. The number of hydrogen-bond donors (Lipinski definition) is 1. The Bertz CT molecular complexity index is 1250. The molecule has 0 spiro atoms. The molecule has 6 heteroatoms. The fourth-order valence-electron chi connectivity index (χ4n) is 5.54. The summed E-state index contributed by atoms with van der Waals surface area (Å²) in [6.07, 6.45) is 6.75. The van der Waals surface area contributed by atoms with Crippen molar-refractivity contribution in [2.45, 2.75) is 76.9 Å². The zero-order valence-corrected chi connectivity index (χ0v) is 24.0. The lowest BCUT2D eigenvalue weighted by molar-refractivity contribution is -0.141. The van der Waals surface area contributed by atoms with E-state index in [2.05, 4.69) is 11.4 Å². The Labute approximate surface area is 238 Å². The monoisotopic (exact) mass is 542 g/mol. The first kappa shape index (κ1) is 29.2. The highest BCUT2D eigenvalue weighted by atomic mass is 16.5. The second kappa shape index (κ2) is 14.5. The summed E-state index contributed by atoms with van der Waals surface area (Å²) in [5, 5.41) is 3.31. The van der Waals surface area contributed by atoms with E-state index in [0.717, 1.165) is 47.9 Å². The normalized spacial score (nSPS) is 14.3. The number of amides is 2. The van der Waals surface area contributed by atoms with E-state index >= 15 is 0 Å². The van der Waals surface area contributed by atoms with E-state index in [9.17, 15) is 9.59 Å². The van der Waals surface area contributed by atoms with Gasteiger partial charge in [-0.25, -0.2) is 0 Å². The lowest BCUT2D eigenvalue weighted by atomic mass is 9.94. The van der Waals surface area contributed by atoms with Gasteiger partial charge >= 0.3 is 0 Å². The van der Waals surface area contributed by atoms with Gasteiger partial charge in [-0.05, 0) is 55.0 Å². The van der Waals surface area contributed by atoms with Crippen LogP contribution in [0.2, 0.25) is 0 Å². The second-order valence-electron chi connectivity index (χ2n) is 10.7. The topological polar surface area (TPSA) is 67.9 Å². The molecule has 0 bridgehead atoms. The number of rotatable bonds is 12. The molecule has 212 valence electrons. The SMILES string of the molecule is COc1ccc(CCC(=O)N(Cc2cccc(C)c2)[C@@H](Cc2ccccc2)C(=O)NC2CCCCC2)cc1OC. The molecule has 6 nitrogen and oxygen atoms in total. The van der Waals surface area contributed by atoms with Crippen molar-refractivity contribution >= 4 is 11.8 Å². The fraction of sp³-hybridized carbons (Fsp3) is 0.412. The Morgan fingerprint density at radius 1 is 0.850 bits per heavy atom. The molecule has 4 rings (SSSR count). The predicted molar refractivity (Wildman–Crippen MR) is 159 cm³/mol. The number of benzene rings is 3. The van der Waals surface area contributed by atoms with Crippen LogP contribution in [0.3, 0.4) is 0 Å². The van der Waals surface area contributed by atoms with Crippen LogP contribution in [0.4, 0.5) is 0 Å². The zero-order chi connectivity index (χ0) is 28.3. The number of nitrogens with zero attached hydrogens (tertiary/aromatic N) is 1. The Morgan fingerprint density at radius 2 is 1.57 bits per heavy atom. The molecule has 40 heavy (non-hydrogen) atoms. The van der Waals surface area contributed by atoms with Crippen molar-refractivity contribution in [2.75, 3.05) is 14.2 Å². The van der Waals surface area contributed by atoms with Gasteiger partial charge in [0.15, 0.2) is 11.5 Å². The van der Waals surface area contributed by atoms with E-state index in [0.29, 0.717) is 30.9 Å². The standard InChI is InChI=1S/C34H42N2O4/c1-25-11-10-14-28(21-25)24-36(33(37)20-18-27-17-19-31(39-2)32(23-27)40-3)30(22-26-12-6-4-7-13-26)34(38)35-29-15-8-5-9-16-29/h4,6-7,10-14,17,19,21,23,29-30H,5,8-9,15-16,18,20,22,24H2,1-3H3,(H,35,38)/t30-/m0/s1. The Balaban J connectivity index is 1.61. The molecule has 0 heterocycles. The smallest absolute Gasteiger partial charge is 0.243 e. The quantitative estimate of drug-likeness (QED) is 0.303. The molecule has 0 radical (unpaired) electrons. The highest BCUT2D eigenvalue weighted by Crippen LogP contribution is 2.28. The van der Waals surface area contributed by atoms with Gasteiger partial charge in [0.2, 0.25) is 11.8 Å². The van der Waals surface area contributed by atoms with Gasteiger partial charge < -0.3 is 19.7 Å². The number of hydrogen-bond acceptors (Lipinski definition) is 4. The van der Waals surface area contributed by atoms with Crippen molar-refractivity contribution in [1.29, 1.82) is 0 Å². The molecule has 2 amide bonds. The van der Waals surface area contributed by atoms with Crippen LogP contribution in [0.15, 0.2) is 72.8 Å². The maximum Gasteiger partial charge on any atom is 0.243 e. The molecular weight excluding hydrogens is 500 g/mol. The third-order valence-corrected chi connectivity index (χ3v) is 7.73. The number of nitrogens with one attached hydrogen (secondary N) is 1. The van der Waals surface area contributed by atoms with E-state index in [4.69, 9.17) is 9.47 Å². The maximum atomic E-state index is 14.0. The van der Waals surface area contributed by atoms with Crippen LogP contribution in [0.5, 0.6) is 11.5 Å². The highest BCUT2D eigenvalue weighted by molar-refractivity contribution is 5.88. The summed E-state index contributed by atoms with van der Waals surface area (Å²) in [7, 11) is 3.21. The van der Waals surface area contributed by atoms with Gasteiger partial charge in [0.25, 0.3) is 0 Å². The largest absolute Gasteiger partial charge is 0.493 e. The first-order chi connectivity index (χ1) is 19.5. The molecule has 1 fully saturated rings. The lowest BCUT2D eigenvalue weighted by Crippen LogP contribution is -2.52. The summed E-state index contributed by atoms with van der Waals surface area (Å²) < 4.78 is 10.8. The summed E-state index contributed by atoms with van der Waals surface area (Å²) >= 11 is 0. The maximum absolute atomic E-state index is 14.0. The van der Waals surface area contributed by atoms with Gasteiger partial charge in [-0.2, -0.15) is 0 Å². The molecule has 0 saturated heterocycles. The molecule has 1 aliphatic carbocycles. The minimum absolute atomic E-state index is 0.0454. The van der Waals surface area contributed by atoms with Crippen molar-refractivity contribution in [3.05, 3.63) is 95.1 Å². The molecule has 1 saturated carbocycles. The van der Waals surface area contributed by atoms with E-state index in [1.54, 1.807) is 19.1 Å². The highest BCUT2D eigenvalue weighted by Gasteiger charge is 2.31. The number of methoxy groups -OCH3 is 2. The second-order valence-corrected chi connectivity index (χ2v) is 10.7. The minimum atomic E-state index is -0.609. The number of carbonyl (C=O) groups excluding carboxylic acids is 2. The lowest BCUT2D eigenvalue weighted by Gasteiger charge is -2.33.